The second-order valence-electron chi connectivity index (χ2n) is 3.79. The monoisotopic (exact) mass is 345 g/mol. The SMILES string of the molecule is Nc1ccc(C(=O)c2ccc(Br)c(Cl)c2F)cc1F. The van der Waals surface area contributed by atoms with E-state index in [1.165, 1.54) is 24.3 Å². The highest BCUT2D eigenvalue weighted by Crippen LogP contribution is 2.29. The van der Waals surface area contributed by atoms with E-state index >= 15 is 0 Å². The molecular weight excluding hydrogens is 340 g/mol. The second-order valence-corrected chi connectivity index (χ2v) is 5.02. The third-order valence-corrected chi connectivity index (χ3v) is 3.80. The van der Waals surface area contributed by atoms with Crippen molar-refractivity contribution in [3.05, 3.63) is 62.6 Å². The maximum atomic E-state index is 13.9. The van der Waals surface area contributed by atoms with Gasteiger partial charge in [0, 0.05) is 10.0 Å². The Hall–Kier alpha value is -1.46. The summed E-state index contributed by atoms with van der Waals surface area (Å²) in [5, 5.41) is -0.193. The molecule has 0 unspecified atom stereocenters. The van der Waals surface area contributed by atoms with Crippen LogP contribution in [0.2, 0.25) is 5.02 Å². The van der Waals surface area contributed by atoms with E-state index in [-0.39, 0.29) is 21.8 Å². The van der Waals surface area contributed by atoms with E-state index in [1.54, 1.807) is 0 Å². The number of nitrogen functional groups attached to an aromatic ring is 1. The van der Waals surface area contributed by atoms with E-state index in [2.05, 4.69) is 15.9 Å². The summed E-state index contributed by atoms with van der Waals surface area (Å²) < 4.78 is 27.5. The first kappa shape index (κ1) is 14.0. The summed E-state index contributed by atoms with van der Waals surface area (Å²) in [6, 6.07) is 6.28. The van der Waals surface area contributed by atoms with Gasteiger partial charge in [-0.1, -0.05) is 11.6 Å². The van der Waals surface area contributed by atoms with E-state index in [4.69, 9.17) is 17.3 Å². The summed E-state index contributed by atoms with van der Waals surface area (Å²) in [5.41, 5.74) is 5.01. The molecule has 98 valence electrons. The van der Waals surface area contributed by atoms with Gasteiger partial charge in [0.2, 0.25) is 0 Å². The van der Waals surface area contributed by atoms with Crippen LogP contribution in [0.4, 0.5) is 14.5 Å². The van der Waals surface area contributed by atoms with E-state index in [1.807, 2.05) is 0 Å². The van der Waals surface area contributed by atoms with Gasteiger partial charge in [-0.05, 0) is 46.3 Å². The summed E-state index contributed by atoms with van der Waals surface area (Å²) in [4.78, 5) is 12.1. The molecule has 0 aliphatic rings. The lowest BCUT2D eigenvalue weighted by molar-refractivity contribution is 0.103. The minimum atomic E-state index is -0.849. The first-order valence-corrected chi connectivity index (χ1v) is 6.32. The minimum absolute atomic E-state index is 0.00369. The number of hydrogen-bond acceptors (Lipinski definition) is 2. The van der Waals surface area contributed by atoms with Gasteiger partial charge in [0.05, 0.1) is 16.3 Å². The number of halogens is 4. The van der Waals surface area contributed by atoms with E-state index in [0.29, 0.717) is 4.47 Å². The Morgan fingerprint density at radius 1 is 1.21 bits per heavy atom. The van der Waals surface area contributed by atoms with Gasteiger partial charge in [0.25, 0.3) is 0 Å². The first-order chi connectivity index (χ1) is 8.91. The average Bonchev–Trinajstić information content (AvgIpc) is 2.39. The van der Waals surface area contributed by atoms with E-state index in [0.717, 1.165) is 6.07 Å². The predicted octanol–water partition coefficient (Wildman–Crippen LogP) is 4.19. The Bertz CT molecular complexity index is 676. The molecule has 0 aliphatic carbocycles. The van der Waals surface area contributed by atoms with Crippen LogP contribution in [-0.4, -0.2) is 5.78 Å². The van der Waals surface area contributed by atoms with Gasteiger partial charge in [-0.25, -0.2) is 8.78 Å². The number of ketones is 1. The highest BCUT2D eigenvalue weighted by Gasteiger charge is 2.18. The lowest BCUT2D eigenvalue weighted by atomic mass is 10.0. The number of benzene rings is 2. The van der Waals surface area contributed by atoms with E-state index in [9.17, 15) is 13.6 Å². The highest BCUT2D eigenvalue weighted by atomic mass is 79.9. The molecule has 0 atom stereocenters. The number of carbonyl (C=O) groups is 1. The van der Waals surface area contributed by atoms with Crippen LogP contribution in [-0.2, 0) is 0 Å². The molecule has 0 aliphatic heterocycles. The molecule has 0 spiro atoms. The molecule has 0 saturated heterocycles. The Balaban J connectivity index is 2.50. The van der Waals surface area contributed by atoms with Crippen molar-refractivity contribution in [1.82, 2.24) is 0 Å². The fourth-order valence-electron chi connectivity index (χ4n) is 1.53. The maximum absolute atomic E-state index is 13.9. The summed E-state index contributed by atoms with van der Waals surface area (Å²) in [7, 11) is 0. The van der Waals surface area contributed by atoms with Crippen molar-refractivity contribution >= 4 is 39.0 Å². The van der Waals surface area contributed by atoms with Gasteiger partial charge in [-0.15, -0.1) is 0 Å². The molecule has 0 heterocycles. The Morgan fingerprint density at radius 2 is 1.89 bits per heavy atom. The molecule has 6 heteroatoms. The van der Waals surface area contributed by atoms with Crippen LogP contribution in [0.3, 0.4) is 0 Å². The molecule has 0 aromatic heterocycles. The highest BCUT2D eigenvalue weighted by molar-refractivity contribution is 9.10. The topological polar surface area (TPSA) is 43.1 Å². The van der Waals surface area contributed by atoms with Crippen LogP contribution >= 0.6 is 27.5 Å². The molecule has 2 N–H and O–H groups in total. The summed E-state index contributed by atoms with van der Waals surface area (Å²) in [6.07, 6.45) is 0. The summed E-state index contributed by atoms with van der Waals surface area (Å²) in [5.74, 6) is -2.24. The van der Waals surface area contributed by atoms with Crippen molar-refractivity contribution < 1.29 is 13.6 Å². The van der Waals surface area contributed by atoms with Crippen LogP contribution in [0.25, 0.3) is 0 Å². The zero-order valence-electron chi connectivity index (χ0n) is 9.38. The van der Waals surface area contributed by atoms with E-state index < -0.39 is 17.4 Å². The third-order valence-electron chi connectivity index (χ3n) is 2.54. The Kier molecular flexibility index (Phi) is 3.87. The maximum Gasteiger partial charge on any atom is 0.196 e. The zero-order chi connectivity index (χ0) is 14.2. The Morgan fingerprint density at radius 3 is 2.53 bits per heavy atom. The zero-order valence-corrected chi connectivity index (χ0v) is 11.7. The van der Waals surface area contributed by atoms with Crippen molar-refractivity contribution in [3.63, 3.8) is 0 Å². The van der Waals surface area contributed by atoms with Crippen LogP contribution < -0.4 is 5.73 Å². The third kappa shape index (κ3) is 2.62. The molecule has 0 bridgehead atoms. The van der Waals surface area contributed by atoms with Crippen LogP contribution in [0, 0.1) is 11.6 Å². The number of carbonyl (C=O) groups excluding carboxylic acids is 1. The van der Waals surface area contributed by atoms with Crippen LogP contribution in [0.1, 0.15) is 15.9 Å². The summed E-state index contributed by atoms with van der Waals surface area (Å²) >= 11 is 8.75. The average molecular weight is 347 g/mol. The number of rotatable bonds is 2. The standard InChI is InChI=1S/C13H7BrClF2NO/c14-8-3-2-7(12(17)11(8)15)13(19)6-1-4-10(18)9(16)5-6/h1-5H,18H2. The lowest BCUT2D eigenvalue weighted by Crippen LogP contribution is -2.06. The molecule has 0 amide bonds. The normalized spacial score (nSPS) is 10.5. The van der Waals surface area contributed by atoms with Gasteiger partial charge in [0.1, 0.15) is 5.82 Å². The van der Waals surface area contributed by atoms with Gasteiger partial charge < -0.3 is 5.73 Å². The summed E-state index contributed by atoms with van der Waals surface area (Å²) in [6.45, 7) is 0. The predicted molar refractivity (Wildman–Crippen MR) is 73.4 cm³/mol. The number of hydrogen-bond donors (Lipinski definition) is 1. The molecule has 0 saturated carbocycles. The molecule has 19 heavy (non-hydrogen) atoms. The fourth-order valence-corrected chi connectivity index (χ4v) is 2.00. The van der Waals surface area contributed by atoms with Crippen molar-refractivity contribution in [2.24, 2.45) is 0 Å². The van der Waals surface area contributed by atoms with Crippen molar-refractivity contribution in [2.75, 3.05) is 5.73 Å². The van der Waals surface area contributed by atoms with Gasteiger partial charge >= 0.3 is 0 Å². The molecule has 2 rings (SSSR count). The molecule has 2 aromatic rings. The smallest absolute Gasteiger partial charge is 0.196 e. The van der Waals surface area contributed by atoms with Crippen molar-refractivity contribution in [2.45, 2.75) is 0 Å². The fraction of sp³-hybridized carbons (Fsp3) is 0. The molecule has 2 aromatic carbocycles. The number of nitrogens with two attached hydrogens (primary N) is 1. The molecule has 0 fully saturated rings. The van der Waals surface area contributed by atoms with Gasteiger partial charge in [-0.2, -0.15) is 0 Å². The van der Waals surface area contributed by atoms with Gasteiger partial charge in [-0.3, -0.25) is 4.79 Å². The van der Waals surface area contributed by atoms with Crippen molar-refractivity contribution in [3.8, 4) is 0 Å². The van der Waals surface area contributed by atoms with Crippen LogP contribution in [0.5, 0.6) is 0 Å². The quantitative estimate of drug-likeness (QED) is 0.503. The molecule has 2 nitrogen and oxygen atoms in total. The second kappa shape index (κ2) is 5.27. The lowest BCUT2D eigenvalue weighted by Gasteiger charge is -2.06. The Labute approximate surface area is 121 Å². The molecular formula is C13H7BrClF2NO. The van der Waals surface area contributed by atoms with Crippen molar-refractivity contribution in [1.29, 1.82) is 0 Å². The van der Waals surface area contributed by atoms with Gasteiger partial charge in [0.15, 0.2) is 11.6 Å². The number of anilines is 1. The minimum Gasteiger partial charge on any atom is -0.396 e. The largest absolute Gasteiger partial charge is 0.396 e. The molecule has 0 radical (unpaired) electrons. The van der Waals surface area contributed by atoms with Crippen LogP contribution in [0.15, 0.2) is 34.8 Å². The first-order valence-electron chi connectivity index (χ1n) is 5.15.